The summed E-state index contributed by atoms with van der Waals surface area (Å²) in [4.78, 5) is 13.4. The van der Waals surface area contributed by atoms with Gasteiger partial charge in [-0.25, -0.2) is 9.97 Å². The smallest absolute Gasteiger partial charge is 0.135 e. The van der Waals surface area contributed by atoms with Crippen LogP contribution in [0.2, 0.25) is 5.02 Å². The van der Waals surface area contributed by atoms with Crippen LogP contribution in [0.15, 0.2) is 60.9 Å². The van der Waals surface area contributed by atoms with Crippen LogP contribution in [0.5, 0.6) is 0 Å². The van der Waals surface area contributed by atoms with E-state index >= 15 is 0 Å². The van der Waals surface area contributed by atoms with E-state index in [0.29, 0.717) is 11.6 Å². The van der Waals surface area contributed by atoms with Crippen LogP contribution in [0.3, 0.4) is 0 Å². The van der Waals surface area contributed by atoms with Gasteiger partial charge in [0.2, 0.25) is 0 Å². The molecule has 31 heavy (non-hydrogen) atoms. The summed E-state index contributed by atoms with van der Waals surface area (Å²) in [6.45, 7) is 3.35. The molecular weight excluding hydrogens is 410 g/mol. The SMILES string of the molecule is OC1CN(c2cc(Nc3ccc(Cl)cc3)ncn2)CCC1N1CCc2ccccc2C1. The third-order valence-electron chi connectivity index (χ3n) is 6.27. The summed E-state index contributed by atoms with van der Waals surface area (Å²) in [6, 6.07) is 18.3. The van der Waals surface area contributed by atoms with Gasteiger partial charge in [0.1, 0.15) is 18.0 Å². The van der Waals surface area contributed by atoms with Crippen LogP contribution in [-0.4, -0.2) is 51.8 Å². The molecular formula is C24H26ClN5O. The molecule has 2 atom stereocenters. The van der Waals surface area contributed by atoms with Gasteiger partial charge in [0, 0.05) is 49.0 Å². The fourth-order valence-electron chi connectivity index (χ4n) is 4.62. The van der Waals surface area contributed by atoms with Crippen molar-refractivity contribution in [2.45, 2.75) is 31.5 Å². The van der Waals surface area contributed by atoms with Gasteiger partial charge in [-0.15, -0.1) is 0 Å². The molecule has 2 N–H and O–H groups in total. The number of aliphatic hydroxyl groups is 1. The van der Waals surface area contributed by atoms with Crippen LogP contribution >= 0.6 is 11.6 Å². The molecule has 0 bridgehead atoms. The summed E-state index contributed by atoms with van der Waals surface area (Å²) in [5.41, 5.74) is 3.74. The van der Waals surface area contributed by atoms with E-state index in [1.165, 1.54) is 11.1 Å². The van der Waals surface area contributed by atoms with Crippen molar-refractivity contribution < 1.29 is 5.11 Å². The van der Waals surface area contributed by atoms with E-state index in [4.69, 9.17) is 11.6 Å². The van der Waals surface area contributed by atoms with Crippen molar-refractivity contribution in [1.82, 2.24) is 14.9 Å². The Balaban J connectivity index is 1.24. The second-order valence-corrected chi connectivity index (χ2v) is 8.69. The summed E-state index contributed by atoms with van der Waals surface area (Å²) >= 11 is 5.96. The molecule has 2 unspecified atom stereocenters. The molecule has 5 rings (SSSR count). The number of benzene rings is 2. The number of nitrogens with zero attached hydrogens (tertiary/aromatic N) is 4. The monoisotopic (exact) mass is 435 g/mol. The maximum absolute atomic E-state index is 11.0. The Morgan fingerprint density at radius 1 is 1.00 bits per heavy atom. The van der Waals surface area contributed by atoms with E-state index in [1.807, 2.05) is 30.3 Å². The molecule has 0 amide bonds. The summed E-state index contributed by atoms with van der Waals surface area (Å²) < 4.78 is 0. The van der Waals surface area contributed by atoms with Crippen molar-refractivity contribution in [1.29, 1.82) is 0 Å². The Hall–Kier alpha value is -2.67. The lowest BCUT2D eigenvalue weighted by molar-refractivity contribution is 0.0293. The lowest BCUT2D eigenvalue weighted by Gasteiger charge is -2.43. The number of nitrogens with one attached hydrogen (secondary N) is 1. The predicted molar refractivity (Wildman–Crippen MR) is 124 cm³/mol. The molecule has 0 radical (unpaired) electrons. The standard InChI is InChI=1S/C24H26ClN5O/c25-19-5-7-20(8-6-19)28-23-13-24(27-16-26-23)30-12-10-21(22(31)15-30)29-11-9-17-3-1-2-4-18(17)14-29/h1-8,13,16,21-22,31H,9-12,14-15H2,(H,26,27,28). The number of hydrogen-bond acceptors (Lipinski definition) is 6. The van der Waals surface area contributed by atoms with Crippen LogP contribution in [0.4, 0.5) is 17.3 Å². The maximum Gasteiger partial charge on any atom is 0.135 e. The molecule has 6 nitrogen and oxygen atoms in total. The van der Waals surface area contributed by atoms with Gasteiger partial charge in [-0.2, -0.15) is 0 Å². The summed E-state index contributed by atoms with van der Waals surface area (Å²) in [7, 11) is 0. The first kappa shape index (κ1) is 20.2. The van der Waals surface area contributed by atoms with E-state index in [-0.39, 0.29) is 6.04 Å². The van der Waals surface area contributed by atoms with Crippen molar-refractivity contribution in [2.75, 3.05) is 29.9 Å². The highest BCUT2D eigenvalue weighted by molar-refractivity contribution is 6.30. The van der Waals surface area contributed by atoms with Gasteiger partial charge in [-0.1, -0.05) is 35.9 Å². The Labute approximate surface area is 187 Å². The van der Waals surface area contributed by atoms with Gasteiger partial charge < -0.3 is 15.3 Å². The fourth-order valence-corrected chi connectivity index (χ4v) is 4.75. The third-order valence-corrected chi connectivity index (χ3v) is 6.52. The Bertz CT molecular complexity index is 1040. The van der Waals surface area contributed by atoms with E-state index in [1.54, 1.807) is 6.33 Å². The zero-order valence-corrected chi connectivity index (χ0v) is 18.0. The number of anilines is 3. The van der Waals surface area contributed by atoms with E-state index in [0.717, 1.165) is 49.8 Å². The number of rotatable bonds is 4. The number of halogens is 1. The van der Waals surface area contributed by atoms with Gasteiger partial charge in [-0.05, 0) is 48.2 Å². The average Bonchev–Trinajstić information content (AvgIpc) is 2.80. The number of fused-ring (bicyclic) bond motifs is 1. The number of hydrogen-bond donors (Lipinski definition) is 2. The lowest BCUT2D eigenvalue weighted by atomic mass is 9.94. The van der Waals surface area contributed by atoms with Gasteiger partial charge in [0.25, 0.3) is 0 Å². The molecule has 7 heteroatoms. The largest absolute Gasteiger partial charge is 0.390 e. The van der Waals surface area contributed by atoms with Crippen molar-refractivity contribution in [3.8, 4) is 0 Å². The van der Waals surface area contributed by atoms with Crippen LogP contribution in [0, 0.1) is 0 Å². The topological polar surface area (TPSA) is 64.5 Å². The Kier molecular flexibility index (Phi) is 5.76. The molecule has 3 aromatic rings. The van der Waals surface area contributed by atoms with Crippen LogP contribution in [0.1, 0.15) is 17.5 Å². The van der Waals surface area contributed by atoms with Gasteiger partial charge >= 0.3 is 0 Å². The van der Waals surface area contributed by atoms with Crippen molar-refractivity contribution in [2.24, 2.45) is 0 Å². The van der Waals surface area contributed by atoms with Crippen molar-refractivity contribution in [3.05, 3.63) is 77.1 Å². The molecule has 0 aliphatic carbocycles. The number of β-amino-alcohol motifs (C(OH)–C–C–N with tert-alkyl or cyclic N) is 1. The highest BCUT2D eigenvalue weighted by Crippen LogP contribution is 2.28. The second kappa shape index (κ2) is 8.83. The van der Waals surface area contributed by atoms with Gasteiger partial charge in [-0.3, -0.25) is 4.90 Å². The molecule has 2 aliphatic heterocycles. The number of aromatic nitrogens is 2. The second-order valence-electron chi connectivity index (χ2n) is 8.25. The van der Waals surface area contributed by atoms with Gasteiger partial charge in [0.15, 0.2) is 0 Å². The highest BCUT2D eigenvalue weighted by Gasteiger charge is 2.34. The summed E-state index contributed by atoms with van der Waals surface area (Å²) in [6.07, 6.45) is 3.11. The van der Waals surface area contributed by atoms with Crippen molar-refractivity contribution in [3.63, 3.8) is 0 Å². The molecule has 2 aromatic carbocycles. The molecule has 1 fully saturated rings. The quantitative estimate of drug-likeness (QED) is 0.648. The number of aliphatic hydroxyl groups excluding tert-OH is 1. The van der Waals surface area contributed by atoms with Crippen LogP contribution < -0.4 is 10.2 Å². The minimum absolute atomic E-state index is 0.179. The maximum atomic E-state index is 11.0. The summed E-state index contributed by atoms with van der Waals surface area (Å²) in [5.74, 6) is 1.55. The van der Waals surface area contributed by atoms with Crippen LogP contribution in [-0.2, 0) is 13.0 Å². The zero-order chi connectivity index (χ0) is 21.2. The fraction of sp³-hybridized carbons (Fsp3) is 0.333. The first-order valence-corrected chi connectivity index (χ1v) is 11.1. The Morgan fingerprint density at radius 3 is 2.61 bits per heavy atom. The molecule has 1 saturated heterocycles. The minimum atomic E-state index is -0.415. The lowest BCUT2D eigenvalue weighted by Crippen LogP contribution is -2.55. The van der Waals surface area contributed by atoms with Gasteiger partial charge in [0.05, 0.1) is 6.10 Å². The predicted octanol–water partition coefficient (Wildman–Crippen LogP) is 3.87. The molecule has 160 valence electrons. The molecule has 0 spiro atoms. The van der Waals surface area contributed by atoms with E-state index < -0.39 is 6.10 Å². The van der Waals surface area contributed by atoms with E-state index in [9.17, 15) is 5.11 Å². The van der Waals surface area contributed by atoms with Crippen molar-refractivity contribution >= 4 is 28.9 Å². The van der Waals surface area contributed by atoms with Crippen LogP contribution in [0.25, 0.3) is 0 Å². The third kappa shape index (κ3) is 4.51. The van der Waals surface area contributed by atoms with E-state index in [2.05, 4.69) is 49.4 Å². The first-order chi connectivity index (χ1) is 15.2. The Morgan fingerprint density at radius 2 is 1.81 bits per heavy atom. The first-order valence-electron chi connectivity index (χ1n) is 10.7. The number of piperidine rings is 1. The molecule has 2 aliphatic rings. The summed E-state index contributed by atoms with van der Waals surface area (Å²) in [5, 5.41) is 15.0. The minimum Gasteiger partial charge on any atom is -0.390 e. The zero-order valence-electron chi connectivity index (χ0n) is 17.3. The normalized spacial score (nSPS) is 21.5. The molecule has 3 heterocycles. The molecule has 1 aromatic heterocycles. The average molecular weight is 436 g/mol. The molecule has 0 saturated carbocycles. The highest BCUT2D eigenvalue weighted by atomic mass is 35.5.